The van der Waals surface area contributed by atoms with Crippen LogP contribution in [0, 0.1) is 6.92 Å². The molecule has 0 N–H and O–H groups in total. The topological polar surface area (TPSA) is 17.3 Å². The van der Waals surface area contributed by atoms with Gasteiger partial charge in [0.2, 0.25) is 0 Å². The minimum absolute atomic E-state index is 1.03. The van der Waals surface area contributed by atoms with Crippen LogP contribution in [0.5, 0.6) is 0 Å². The van der Waals surface area contributed by atoms with Gasteiger partial charge in [0.1, 0.15) is 5.82 Å². The minimum Gasteiger partial charge on any atom is -0.297 e. The molecule has 2 heteroatoms. The maximum Gasteiger partial charge on any atom is 0.111 e. The lowest BCUT2D eigenvalue weighted by atomic mass is 10.2. The van der Waals surface area contributed by atoms with Crippen molar-refractivity contribution in [3.63, 3.8) is 0 Å². The van der Waals surface area contributed by atoms with E-state index in [9.17, 15) is 0 Å². The molecular formula is C16H12N2. The summed E-state index contributed by atoms with van der Waals surface area (Å²) in [6.45, 7) is 2.06. The van der Waals surface area contributed by atoms with Crippen molar-refractivity contribution < 1.29 is 0 Å². The van der Waals surface area contributed by atoms with Gasteiger partial charge in [0.25, 0.3) is 0 Å². The Hall–Kier alpha value is -2.35. The summed E-state index contributed by atoms with van der Waals surface area (Å²) in [5.41, 5.74) is 3.52. The predicted octanol–water partition coefficient (Wildman–Crippen LogP) is 3.95. The standard InChI is InChI=1S/C16H12N2/c1-11-17-14-8-4-3-7-13(14)16-10-12-6-2-5-9-15(12)18(11)16/h2-10H,1H3. The molecule has 86 valence electrons. The highest BCUT2D eigenvalue weighted by Crippen LogP contribution is 2.26. The molecule has 0 spiro atoms. The maximum atomic E-state index is 4.69. The molecule has 2 heterocycles. The Morgan fingerprint density at radius 3 is 2.61 bits per heavy atom. The van der Waals surface area contributed by atoms with Crippen molar-refractivity contribution in [2.75, 3.05) is 0 Å². The van der Waals surface area contributed by atoms with Gasteiger partial charge in [0.15, 0.2) is 0 Å². The van der Waals surface area contributed by atoms with Crippen molar-refractivity contribution in [2.45, 2.75) is 6.92 Å². The fourth-order valence-electron chi connectivity index (χ4n) is 2.71. The molecule has 0 aliphatic carbocycles. The normalized spacial score (nSPS) is 11.6. The van der Waals surface area contributed by atoms with Gasteiger partial charge in [0, 0.05) is 10.8 Å². The summed E-state index contributed by atoms with van der Waals surface area (Å²) in [6, 6.07) is 19.0. The second-order valence-corrected chi connectivity index (χ2v) is 4.60. The molecule has 2 nitrogen and oxygen atoms in total. The molecule has 0 unspecified atom stereocenters. The summed E-state index contributed by atoms with van der Waals surface area (Å²) >= 11 is 0. The molecule has 4 aromatic rings. The number of fused-ring (bicyclic) bond motifs is 5. The largest absolute Gasteiger partial charge is 0.297 e. The van der Waals surface area contributed by atoms with Gasteiger partial charge in [-0.15, -0.1) is 0 Å². The van der Waals surface area contributed by atoms with Crippen molar-refractivity contribution in [1.29, 1.82) is 0 Å². The SMILES string of the molecule is Cc1nc2ccccc2c2cc3ccccc3n12. The number of rotatable bonds is 0. The molecule has 0 aliphatic heterocycles. The van der Waals surface area contributed by atoms with Crippen LogP contribution in [0.4, 0.5) is 0 Å². The number of para-hydroxylation sites is 2. The van der Waals surface area contributed by atoms with Crippen molar-refractivity contribution in [2.24, 2.45) is 0 Å². The summed E-state index contributed by atoms with van der Waals surface area (Å²) in [5.74, 6) is 1.03. The van der Waals surface area contributed by atoms with Crippen molar-refractivity contribution in [3.8, 4) is 0 Å². The average molecular weight is 232 g/mol. The summed E-state index contributed by atoms with van der Waals surface area (Å²) in [4.78, 5) is 4.69. The van der Waals surface area contributed by atoms with Crippen LogP contribution in [-0.2, 0) is 0 Å². The molecule has 0 bridgehead atoms. The first kappa shape index (κ1) is 9.66. The van der Waals surface area contributed by atoms with Gasteiger partial charge in [0.05, 0.1) is 16.6 Å². The maximum absolute atomic E-state index is 4.69. The molecule has 0 saturated heterocycles. The van der Waals surface area contributed by atoms with Crippen LogP contribution in [-0.4, -0.2) is 9.38 Å². The van der Waals surface area contributed by atoms with Gasteiger partial charge in [-0.2, -0.15) is 0 Å². The number of benzene rings is 2. The smallest absolute Gasteiger partial charge is 0.111 e. The molecule has 0 amide bonds. The number of nitrogens with zero attached hydrogens (tertiary/aromatic N) is 2. The van der Waals surface area contributed by atoms with Crippen LogP contribution in [0.1, 0.15) is 5.82 Å². The second kappa shape index (κ2) is 3.33. The van der Waals surface area contributed by atoms with E-state index < -0.39 is 0 Å². The average Bonchev–Trinajstić information content (AvgIpc) is 2.79. The van der Waals surface area contributed by atoms with Crippen LogP contribution in [0.15, 0.2) is 54.6 Å². The van der Waals surface area contributed by atoms with Crippen LogP contribution in [0.2, 0.25) is 0 Å². The van der Waals surface area contributed by atoms with Crippen molar-refractivity contribution >= 4 is 27.3 Å². The fourth-order valence-corrected chi connectivity index (χ4v) is 2.71. The predicted molar refractivity (Wildman–Crippen MR) is 74.9 cm³/mol. The van der Waals surface area contributed by atoms with Gasteiger partial charge in [-0.3, -0.25) is 4.40 Å². The van der Waals surface area contributed by atoms with Gasteiger partial charge in [-0.25, -0.2) is 4.98 Å². The third kappa shape index (κ3) is 1.15. The van der Waals surface area contributed by atoms with E-state index in [1.807, 2.05) is 6.07 Å². The van der Waals surface area contributed by atoms with E-state index in [1.165, 1.54) is 21.8 Å². The van der Waals surface area contributed by atoms with E-state index in [-0.39, 0.29) is 0 Å². The molecule has 2 aromatic carbocycles. The first-order chi connectivity index (χ1) is 8.84. The molecule has 18 heavy (non-hydrogen) atoms. The van der Waals surface area contributed by atoms with E-state index in [0.717, 1.165) is 11.3 Å². The van der Waals surface area contributed by atoms with Crippen LogP contribution in [0.25, 0.3) is 27.3 Å². The zero-order valence-electron chi connectivity index (χ0n) is 10.1. The second-order valence-electron chi connectivity index (χ2n) is 4.60. The Morgan fingerprint density at radius 1 is 0.889 bits per heavy atom. The minimum atomic E-state index is 1.03. The van der Waals surface area contributed by atoms with Gasteiger partial charge >= 0.3 is 0 Å². The first-order valence-electron chi connectivity index (χ1n) is 6.10. The zero-order valence-corrected chi connectivity index (χ0v) is 10.1. The number of hydrogen-bond donors (Lipinski definition) is 0. The Morgan fingerprint density at radius 2 is 1.67 bits per heavy atom. The lowest BCUT2D eigenvalue weighted by Crippen LogP contribution is -1.95. The van der Waals surface area contributed by atoms with Gasteiger partial charge in [-0.1, -0.05) is 36.4 Å². The Balaban J connectivity index is 2.38. The fraction of sp³-hybridized carbons (Fsp3) is 0.0625. The Bertz CT molecular complexity index is 887. The van der Waals surface area contributed by atoms with Crippen LogP contribution >= 0.6 is 0 Å². The summed E-state index contributed by atoms with van der Waals surface area (Å²) < 4.78 is 2.23. The Kier molecular flexibility index (Phi) is 1.78. The number of aryl methyl sites for hydroxylation is 1. The lowest BCUT2D eigenvalue weighted by Gasteiger charge is -2.05. The van der Waals surface area contributed by atoms with Gasteiger partial charge < -0.3 is 0 Å². The summed E-state index contributed by atoms with van der Waals surface area (Å²) in [6.07, 6.45) is 0. The number of aromatic nitrogens is 2. The zero-order chi connectivity index (χ0) is 12.1. The molecular weight excluding hydrogens is 220 g/mol. The quantitative estimate of drug-likeness (QED) is 0.448. The third-order valence-electron chi connectivity index (χ3n) is 3.50. The first-order valence-corrected chi connectivity index (χ1v) is 6.10. The van der Waals surface area contributed by atoms with Crippen LogP contribution in [0.3, 0.4) is 0 Å². The van der Waals surface area contributed by atoms with E-state index in [2.05, 4.69) is 64.8 Å². The van der Waals surface area contributed by atoms with Crippen molar-refractivity contribution in [3.05, 3.63) is 60.4 Å². The number of hydrogen-bond acceptors (Lipinski definition) is 1. The molecule has 4 rings (SSSR count). The van der Waals surface area contributed by atoms with E-state index in [4.69, 9.17) is 0 Å². The summed E-state index contributed by atoms with van der Waals surface area (Å²) in [5, 5.41) is 2.47. The third-order valence-corrected chi connectivity index (χ3v) is 3.50. The van der Waals surface area contributed by atoms with E-state index in [0.29, 0.717) is 0 Å². The highest BCUT2D eigenvalue weighted by atomic mass is 15.0. The molecule has 0 atom stereocenters. The molecule has 2 aromatic heterocycles. The van der Waals surface area contributed by atoms with Crippen molar-refractivity contribution in [1.82, 2.24) is 9.38 Å². The van der Waals surface area contributed by atoms with Crippen LogP contribution < -0.4 is 0 Å². The Labute approximate surface area is 104 Å². The molecule has 0 aliphatic rings. The highest BCUT2D eigenvalue weighted by Gasteiger charge is 2.08. The van der Waals surface area contributed by atoms with E-state index >= 15 is 0 Å². The lowest BCUT2D eigenvalue weighted by molar-refractivity contribution is 1.05. The molecule has 0 fully saturated rings. The highest BCUT2D eigenvalue weighted by molar-refractivity contribution is 6.00. The summed E-state index contributed by atoms with van der Waals surface area (Å²) in [7, 11) is 0. The van der Waals surface area contributed by atoms with Gasteiger partial charge in [-0.05, 0) is 25.1 Å². The van der Waals surface area contributed by atoms with E-state index in [1.54, 1.807) is 0 Å². The molecule has 0 radical (unpaired) electrons. The monoisotopic (exact) mass is 232 g/mol. The molecule has 0 saturated carbocycles.